The van der Waals surface area contributed by atoms with E-state index in [1.54, 1.807) is 0 Å². The quantitative estimate of drug-likeness (QED) is 0.497. The highest BCUT2D eigenvalue weighted by Gasteiger charge is 2.18. The molecule has 0 spiro atoms. The molecule has 3 aromatic rings. The number of hydrogen-bond acceptors (Lipinski definition) is 7. The summed E-state index contributed by atoms with van der Waals surface area (Å²) in [7, 11) is -3.53. The second-order valence-electron chi connectivity index (χ2n) is 5.70. The number of phenols is 1. The van der Waals surface area contributed by atoms with Crippen LogP contribution in [0.5, 0.6) is 11.5 Å². The van der Waals surface area contributed by atoms with E-state index in [2.05, 4.69) is 10.0 Å². The van der Waals surface area contributed by atoms with E-state index in [1.165, 1.54) is 36.4 Å². The molecule has 0 fully saturated rings. The van der Waals surface area contributed by atoms with Crippen LogP contribution in [0.1, 0.15) is 10.4 Å². The van der Waals surface area contributed by atoms with Gasteiger partial charge in [0.25, 0.3) is 5.91 Å². The molecule has 1 aromatic heterocycles. The molecule has 0 saturated heterocycles. The van der Waals surface area contributed by atoms with Gasteiger partial charge in [0, 0.05) is 17.3 Å². The number of hydrogen-bond donors (Lipinski definition) is 4. The Kier molecular flexibility index (Phi) is 4.50. The SMILES string of the molecule is CS(=O)(=O)Nc1cccc(C(=O)Nc2c(O)c3ccc(O)cc3oc2=O)c1. The summed E-state index contributed by atoms with van der Waals surface area (Å²) in [4.78, 5) is 24.5. The van der Waals surface area contributed by atoms with E-state index in [9.17, 15) is 28.2 Å². The first-order valence-corrected chi connectivity index (χ1v) is 9.41. The van der Waals surface area contributed by atoms with E-state index in [-0.39, 0.29) is 28.0 Å². The molecule has 1 heterocycles. The Morgan fingerprint density at radius 1 is 1.11 bits per heavy atom. The van der Waals surface area contributed by atoms with Crippen molar-refractivity contribution in [1.29, 1.82) is 0 Å². The molecular weight excluding hydrogens is 376 g/mol. The molecule has 140 valence electrons. The van der Waals surface area contributed by atoms with Crippen molar-refractivity contribution < 1.29 is 27.8 Å². The zero-order chi connectivity index (χ0) is 19.8. The van der Waals surface area contributed by atoms with Crippen molar-refractivity contribution in [2.75, 3.05) is 16.3 Å². The Morgan fingerprint density at radius 3 is 2.56 bits per heavy atom. The average Bonchev–Trinajstić information content (AvgIpc) is 2.56. The van der Waals surface area contributed by atoms with E-state index < -0.39 is 33.0 Å². The van der Waals surface area contributed by atoms with Gasteiger partial charge in [-0.25, -0.2) is 13.2 Å². The van der Waals surface area contributed by atoms with Gasteiger partial charge in [0.2, 0.25) is 10.0 Å². The number of benzene rings is 2. The molecule has 2 aromatic carbocycles. The van der Waals surface area contributed by atoms with E-state index in [1.807, 2.05) is 0 Å². The third kappa shape index (κ3) is 4.01. The van der Waals surface area contributed by atoms with Crippen LogP contribution in [0.3, 0.4) is 0 Å². The van der Waals surface area contributed by atoms with Gasteiger partial charge < -0.3 is 19.9 Å². The third-order valence-electron chi connectivity index (χ3n) is 3.53. The highest BCUT2D eigenvalue weighted by atomic mass is 32.2. The highest BCUT2D eigenvalue weighted by molar-refractivity contribution is 7.92. The number of nitrogens with one attached hydrogen (secondary N) is 2. The standard InChI is InChI=1S/C17H14N2O7S/c1-27(24,25)19-10-4-2-3-9(7-10)16(22)18-14-15(21)12-6-5-11(20)8-13(12)26-17(14)23/h2-8,19-21H,1H3,(H,18,22). The summed E-state index contributed by atoms with van der Waals surface area (Å²) in [5.74, 6) is -1.43. The summed E-state index contributed by atoms with van der Waals surface area (Å²) >= 11 is 0. The first-order chi connectivity index (χ1) is 12.6. The van der Waals surface area contributed by atoms with Gasteiger partial charge in [-0.2, -0.15) is 0 Å². The van der Waals surface area contributed by atoms with Gasteiger partial charge in [0.15, 0.2) is 11.4 Å². The van der Waals surface area contributed by atoms with Gasteiger partial charge in [-0.15, -0.1) is 0 Å². The number of amides is 1. The minimum absolute atomic E-state index is 0.0464. The van der Waals surface area contributed by atoms with Crippen molar-refractivity contribution in [3.8, 4) is 11.5 Å². The van der Waals surface area contributed by atoms with Crippen molar-refractivity contribution in [3.05, 3.63) is 58.4 Å². The zero-order valence-electron chi connectivity index (χ0n) is 13.9. The largest absolute Gasteiger partial charge is 0.508 e. The van der Waals surface area contributed by atoms with E-state index >= 15 is 0 Å². The summed E-state index contributed by atoms with van der Waals surface area (Å²) in [6.45, 7) is 0. The molecule has 4 N–H and O–H groups in total. The molecule has 0 atom stereocenters. The molecule has 3 rings (SSSR count). The van der Waals surface area contributed by atoms with Crippen molar-refractivity contribution in [2.24, 2.45) is 0 Å². The minimum Gasteiger partial charge on any atom is -0.508 e. The summed E-state index contributed by atoms with van der Waals surface area (Å²) in [6.07, 6.45) is 0.968. The Morgan fingerprint density at radius 2 is 1.85 bits per heavy atom. The number of carbonyl (C=O) groups is 1. The molecule has 0 aliphatic carbocycles. The number of fused-ring (bicyclic) bond motifs is 1. The maximum absolute atomic E-state index is 12.4. The molecular formula is C17H14N2O7S. The fraction of sp³-hybridized carbons (Fsp3) is 0.0588. The van der Waals surface area contributed by atoms with Gasteiger partial charge in [0.1, 0.15) is 11.3 Å². The van der Waals surface area contributed by atoms with Crippen molar-refractivity contribution in [2.45, 2.75) is 0 Å². The number of phenolic OH excluding ortho intramolecular Hbond substituents is 1. The predicted molar refractivity (Wildman–Crippen MR) is 98.7 cm³/mol. The Bertz CT molecular complexity index is 1220. The highest BCUT2D eigenvalue weighted by Crippen LogP contribution is 2.31. The van der Waals surface area contributed by atoms with Gasteiger partial charge >= 0.3 is 5.63 Å². The molecule has 0 bridgehead atoms. The topological polar surface area (TPSA) is 146 Å². The van der Waals surface area contributed by atoms with E-state index in [0.717, 1.165) is 12.3 Å². The maximum Gasteiger partial charge on any atom is 0.364 e. The number of anilines is 2. The molecule has 1 amide bonds. The summed E-state index contributed by atoms with van der Waals surface area (Å²) in [5.41, 5.74) is -1.32. The lowest BCUT2D eigenvalue weighted by molar-refractivity contribution is 0.102. The van der Waals surface area contributed by atoms with Crippen LogP contribution < -0.4 is 15.7 Å². The normalized spacial score (nSPS) is 11.3. The van der Waals surface area contributed by atoms with Crippen LogP contribution in [0.4, 0.5) is 11.4 Å². The second-order valence-corrected chi connectivity index (χ2v) is 7.45. The lowest BCUT2D eigenvalue weighted by Crippen LogP contribution is -2.18. The average molecular weight is 390 g/mol. The van der Waals surface area contributed by atoms with Gasteiger partial charge in [-0.3, -0.25) is 9.52 Å². The fourth-order valence-electron chi connectivity index (χ4n) is 2.41. The van der Waals surface area contributed by atoms with Crippen molar-refractivity contribution in [3.63, 3.8) is 0 Å². The second kappa shape index (κ2) is 6.65. The number of sulfonamides is 1. The monoisotopic (exact) mass is 390 g/mol. The summed E-state index contributed by atoms with van der Waals surface area (Å²) < 4.78 is 29.8. The lowest BCUT2D eigenvalue weighted by Gasteiger charge is -2.09. The summed E-state index contributed by atoms with van der Waals surface area (Å²) in [5, 5.41) is 22.1. The summed E-state index contributed by atoms with van der Waals surface area (Å²) in [6, 6.07) is 9.35. The smallest absolute Gasteiger partial charge is 0.364 e. The van der Waals surface area contributed by atoms with Crippen LogP contribution in [-0.2, 0) is 10.0 Å². The molecule has 27 heavy (non-hydrogen) atoms. The molecule has 0 aliphatic rings. The number of rotatable bonds is 4. The van der Waals surface area contributed by atoms with E-state index in [0.29, 0.717) is 0 Å². The van der Waals surface area contributed by atoms with Gasteiger partial charge in [-0.05, 0) is 30.3 Å². The predicted octanol–water partition coefficient (Wildman–Crippen LogP) is 1.83. The third-order valence-corrected chi connectivity index (χ3v) is 4.14. The molecule has 0 radical (unpaired) electrons. The lowest BCUT2D eigenvalue weighted by atomic mass is 10.1. The van der Waals surface area contributed by atoms with Crippen LogP contribution in [0.25, 0.3) is 11.0 Å². The van der Waals surface area contributed by atoms with Crippen LogP contribution >= 0.6 is 0 Å². The van der Waals surface area contributed by atoms with Crippen LogP contribution in [0, 0.1) is 0 Å². The van der Waals surface area contributed by atoms with Gasteiger partial charge in [0.05, 0.1) is 11.6 Å². The molecule has 10 heteroatoms. The minimum atomic E-state index is -3.53. The maximum atomic E-state index is 12.4. The molecule has 9 nitrogen and oxygen atoms in total. The number of aromatic hydroxyl groups is 2. The Hall–Kier alpha value is -3.53. The van der Waals surface area contributed by atoms with Crippen LogP contribution in [0.2, 0.25) is 0 Å². The molecule has 0 unspecified atom stereocenters. The molecule has 0 saturated carbocycles. The van der Waals surface area contributed by atoms with Gasteiger partial charge in [-0.1, -0.05) is 6.07 Å². The first kappa shape index (κ1) is 18.3. The van der Waals surface area contributed by atoms with E-state index in [4.69, 9.17) is 4.42 Å². The van der Waals surface area contributed by atoms with Crippen molar-refractivity contribution in [1.82, 2.24) is 0 Å². The Balaban J connectivity index is 1.96. The Labute approximate surface area is 152 Å². The molecule has 0 aliphatic heterocycles. The number of carbonyl (C=O) groups excluding carboxylic acids is 1. The first-order valence-electron chi connectivity index (χ1n) is 7.52. The van der Waals surface area contributed by atoms with Crippen molar-refractivity contribution >= 4 is 38.3 Å². The van der Waals surface area contributed by atoms with Crippen LogP contribution in [-0.4, -0.2) is 30.8 Å². The zero-order valence-corrected chi connectivity index (χ0v) is 14.7. The van der Waals surface area contributed by atoms with Crippen LogP contribution in [0.15, 0.2) is 51.7 Å². The fourth-order valence-corrected chi connectivity index (χ4v) is 2.96.